The van der Waals surface area contributed by atoms with Crippen LogP contribution in [0.3, 0.4) is 0 Å². The second-order valence-electron chi connectivity index (χ2n) is 7.91. The minimum atomic E-state index is -0.530. The highest BCUT2D eigenvalue weighted by molar-refractivity contribution is 6.30. The Morgan fingerprint density at radius 1 is 1.07 bits per heavy atom. The Morgan fingerprint density at radius 3 is 2.28 bits per heavy atom. The number of benzene rings is 1. The quantitative estimate of drug-likeness (QED) is 0.717. The molecule has 0 amide bonds. The van der Waals surface area contributed by atoms with E-state index in [9.17, 15) is 14.7 Å². The van der Waals surface area contributed by atoms with Crippen LogP contribution < -0.4 is 0 Å². The van der Waals surface area contributed by atoms with Crippen molar-refractivity contribution in [3.8, 4) is 5.75 Å². The largest absolute Gasteiger partial charge is 0.508 e. The molecular weight excluding hydrogens is 390 g/mol. The zero-order valence-electron chi connectivity index (χ0n) is 16.7. The van der Waals surface area contributed by atoms with Crippen molar-refractivity contribution < 1.29 is 19.4 Å². The number of allylic oxidation sites excluding steroid dienone is 4. The van der Waals surface area contributed by atoms with Crippen molar-refractivity contribution in [2.24, 2.45) is 0 Å². The average Bonchev–Trinajstić information content (AvgIpc) is 2.70. The number of methoxy groups -OCH3 is 1. The third-order valence-corrected chi connectivity index (χ3v) is 6.35. The Kier molecular flexibility index (Phi) is 5.79. The first kappa shape index (κ1) is 20.2. The highest BCUT2D eigenvalue weighted by Gasteiger charge is 2.43. The maximum Gasteiger partial charge on any atom is 0.161 e. The summed E-state index contributed by atoms with van der Waals surface area (Å²) in [7, 11) is 1.68. The van der Waals surface area contributed by atoms with Crippen LogP contribution in [0.25, 0.3) is 0 Å². The molecule has 0 bridgehead atoms. The normalized spacial score (nSPS) is 20.3. The van der Waals surface area contributed by atoms with Gasteiger partial charge in [0.05, 0.1) is 0 Å². The van der Waals surface area contributed by atoms with Crippen LogP contribution in [0.2, 0.25) is 5.02 Å². The van der Waals surface area contributed by atoms with Crippen molar-refractivity contribution in [3.63, 3.8) is 0 Å². The van der Waals surface area contributed by atoms with E-state index in [4.69, 9.17) is 16.3 Å². The van der Waals surface area contributed by atoms with E-state index in [2.05, 4.69) is 4.90 Å². The number of ether oxygens (including phenoxy) is 1. The van der Waals surface area contributed by atoms with E-state index in [0.717, 1.165) is 50.0 Å². The van der Waals surface area contributed by atoms with Crippen LogP contribution in [-0.2, 0) is 14.3 Å². The van der Waals surface area contributed by atoms with Crippen LogP contribution >= 0.6 is 11.6 Å². The molecule has 5 nitrogen and oxygen atoms in total. The number of hydrogen-bond donors (Lipinski definition) is 1. The molecule has 154 valence electrons. The van der Waals surface area contributed by atoms with Crippen molar-refractivity contribution in [2.45, 2.75) is 50.9 Å². The molecule has 6 heteroatoms. The lowest BCUT2D eigenvalue weighted by Gasteiger charge is -2.44. The van der Waals surface area contributed by atoms with Gasteiger partial charge in [0.1, 0.15) is 5.75 Å². The molecule has 0 aromatic heterocycles. The number of rotatable bonds is 5. The maximum absolute atomic E-state index is 13.1. The number of hydrogen-bond acceptors (Lipinski definition) is 5. The van der Waals surface area contributed by atoms with Gasteiger partial charge in [0.15, 0.2) is 11.6 Å². The molecule has 0 spiro atoms. The lowest BCUT2D eigenvalue weighted by Crippen LogP contribution is -2.39. The fourth-order valence-electron chi connectivity index (χ4n) is 4.92. The summed E-state index contributed by atoms with van der Waals surface area (Å²) < 4.78 is 5.23. The smallest absolute Gasteiger partial charge is 0.161 e. The second kappa shape index (κ2) is 8.33. The highest BCUT2D eigenvalue weighted by atomic mass is 35.5. The van der Waals surface area contributed by atoms with Gasteiger partial charge in [0.2, 0.25) is 0 Å². The van der Waals surface area contributed by atoms with Crippen molar-refractivity contribution in [1.82, 2.24) is 4.90 Å². The van der Waals surface area contributed by atoms with Gasteiger partial charge >= 0.3 is 0 Å². The summed E-state index contributed by atoms with van der Waals surface area (Å²) in [6, 6.07) is 4.86. The summed E-state index contributed by atoms with van der Waals surface area (Å²) in [5.41, 5.74) is 3.91. The molecule has 0 radical (unpaired) electrons. The summed E-state index contributed by atoms with van der Waals surface area (Å²) in [6.07, 6.45) is 4.98. The molecule has 4 rings (SSSR count). The molecule has 3 aliphatic rings. The lowest BCUT2D eigenvalue weighted by atomic mass is 9.70. The standard InChI is InChI=1S/C23H26ClNO4/c1-29-12-4-11-25-16-5-2-7-19(27)22(16)21(15-13-14(24)9-10-18(15)26)23-17(25)6-3-8-20(23)28/h9-10,13,21,26H,2-8,11-12H2,1H3. The number of phenolic OH excluding ortho intramolecular Hbond substituents is 1. The van der Waals surface area contributed by atoms with Crippen LogP contribution in [0.1, 0.15) is 56.4 Å². The minimum absolute atomic E-state index is 0.0669. The Labute approximate surface area is 176 Å². The van der Waals surface area contributed by atoms with Crippen molar-refractivity contribution in [1.29, 1.82) is 0 Å². The van der Waals surface area contributed by atoms with Crippen LogP contribution in [0.15, 0.2) is 40.7 Å². The van der Waals surface area contributed by atoms with Crippen LogP contribution in [-0.4, -0.2) is 41.8 Å². The number of halogens is 1. The van der Waals surface area contributed by atoms with Gasteiger partial charge in [0, 0.05) is 72.1 Å². The Hall–Kier alpha value is -2.11. The summed E-state index contributed by atoms with van der Waals surface area (Å²) >= 11 is 6.23. The molecule has 1 N–H and O–H groups in total. The van der Waals surface area contributed by atoms with Gasteiger partial charge in [-0.2, -0.15) is 0 Å². The minimum Gasteiger partial charge on any atom is -0.508 e. The first-order chi connectivity index (χ1) is 14.0. The first-order valence-corrected chi connectivity index (χ1v) is 10.7. The number of nitrogens with zero attached hydrogens (tertiary/aromatic N) is 1. The number of ketones is 2. The third-order valence-electron chi connectivity index (χ3n) is 6.12. The zero-order chi connectivity index (χ0) is 20.5. The Balaban J connectivity index is 1.91. The van der Waals surface area contributed by atoms with Gasteiger partial charge in [-0.05, 0) is 50.3 Å². The monoisotopic (exact) mass is 415 g/mol. The van der Waals surface area contributed by atoms with Gasteiger partial charge in [0.25, 0.3) is 0 Å². The summed E-state index contributed by atoms with van der Waals surface area (Å²) in [6.45, 7) is 1.35. The molecule has 1 aromatic rings. The SMILES string of the molecule is COCCCN1C2=C(C(=O)CCC2)C(c2cc(Cl)ccc2O)C2=C1CCCC2=O. The van der Waals surface area contributed by atoms with E-state index in [-0.39, 0.29) is 17.3 Å². The van der Waals surface area contributed by atoms with E-state index in [1.54, 1.807) is 25.3 Å². The van der Waals surface area contributed by atoms with E-state index >= 15 is 0 Å². The molecule has 0 fully saturated rings. The van der Waals surface area contributed by atoms with Crippen LogP contribution in [0, 0.1) is 0 Å². The van der Waals surface area contributed by atoms with Crippen LogP contribution in [0.4, 0.5) is 0 Å². The molecule has 29 heavy (non-hydrogen) atoms. The number of Topliss-reactive ketones (excluding diaryl/α,β-unsaturated/α-hetero) is 2. The number of carbonyl (C=O) groups excluding carboxylic acids is 2. The number of phenols is 1. The fourth-order valence-corrected chi connectivity index (χ4v) is 5.10. The molecular formula is C23H26ClNO4. The van der Waals surface area contributed by atoms with Gasteiger partial charge in [-0.25, -0.2) is 0 Å². The molecule has 1 aliphatic heterocycles. The maximum atomic E-state index is 13.1. The zero-order valence-corrected chi connectivity index (χ0v) is 17.4. The summed E-state index contributed by atoms with van der Waals surface area (Å²) in [4.78, 5) is 28.4. The summed E-state index contributed by atoms with van der Waals surface area (Å²) in [5, 5.41) is 11.1. The van der Waals surface area contributed by atoms with Gasteiger partial charge < -0.3 is 14.7 Å². The van der Waals surface area contributed by atoms with Gasteiger partial charge in [-0.1, -0.05) is 11.6 Å². The molecule has 1 aromatic carbocycles. The van der Waals surface area contributed by atoms with Crippen molar-refractivity contribution >= 4 is 23.2 Å². The van der Waals surface area contributed by atoms with E-state index in [1.807, 2.05) is 0 Å². The molecule has 1 heterocycles. The van der Waals surface area contributed by atoms with Crippen LogP contribution in [0.5, 0.6) is 5.75 Å². The average molecular weight is 416 g/mol. The first-order valence-electron chi connectivity index (χ1n) is 10.3. The van der Waals surface area contributed by atoms with E-state index in [0.29, 0.717) is 41.2 Å². The lowest BCUT2D eigenvalue weighted by molar-refractivity contribution is -0.117. The molecule has 0 atom stereocenters. The van der Waals surface area contributed by atoms with Gasteiger partial charge in [-0.15, -0.1) is 0 Å². The topological polar surface area (TPSA) is 66.8 Å². The highest BCUT2D eigenvalue weighted by Crippen LogP contribution is 2.50. The Morgan fingerprint density at radius 2 is 1.69 bits per heavy atom. The molecule has 0 saturated carbocycles. The Bertz CT molecular complexity index is 873. The van der Waals surface area contributed by atoms with Crippen molar-refractivity contribution in [2.75, 3.05) is 20.3 Å². The number of aromatic hydroxyl groups is 1. The predicted molar refractivity (Wildman–Crippen MR) is 111 cm³/mol. The molecule has 0 saturated heterocycles. The van der Waals surface area contributed by atoms with E-state index in [1.165, 1.54) is 0 Å². The third kappa shape index (κ3) is 3.62. The van der Waals surface area contributed by atoms with E-state index < -0.39 is 5.92 Å². The van der Waals surface area contributed by atoms with Crippen molar-refractivity contribution in [3.05, 3.63) is 51.3 Å². The van der Waals surface area contributed by atoms with Gasteiger partial charge in [-0.3, -0.25) is 9.59 Å². The molecule has 2 aliphatic carbocycles. The fraction of sp³-hybridized carbons (Fsp3) is 0.478. The molecule has 0 unspecified atom stereocenters. The second-order valence-corrected chi connectivity index (χ2v) is 8.34. The summed E-state index contributed by atoms with van der Waals surface area (Å²) in [5.74, 6) is -0.324. The number of carbonyl (C=O) groups is 2. The predicted octanol–water partition coefficient (Wildman–Crippen LogP) is 4.50.